The monoisotopic (exact) mass is 371 g/mol. The number of amides is 2. The molecular weight excluding hydrogens is 346 g/mol. The van der Waals surface area contributed by atoms with Gasteiger partial charge in [-0.25, -0.2) is 0 Å². The van der Waals surface area contributed by atoms with Crippen molar-refractivity contribution in [3.8, 4) is 0 Å². The molecule has 1 aliphatic rings. The van der Waals surface area contributed by atoms with E-state index in [1.807, 2.05) is 10.3 Å². The van der Waals surface area contributed by atoms with Crippen molar-refractivity contribution in [2.24, 2.45) is 0 Å². The maximum atomic E-state index is 12.4. The van der Waals surface area contributed by atoms with Gasteiger partial charge in [-0.15, -0.1) is 0 Å². The molecule has 2 heterocycles. The number of hydrogen-bond donors (Lipinski definition) is 1. The lowest BCUT2D eigenvalue weighted by molar-refractivity contribution is -0.130. The number of carbonyl (C=O) groups excluding carboxylic acids is 2. The van der Waals surface area contributed by atoms with Crippen molar-refractivity contribution in [1.82, 2.24) is 15.1 Å². The molecule has 0 unspecified atom stereocenters. The Morgan fingerprint density at radius 2 is 1.96 bits per heavy atom. The number of nitrogens with zero attached hydrogens (tertiary/aromatic N) is 2. The minimum absolute atomic E-state index is 0.00804. The van der Waals surface area contributed by atoms with Crippen LogP contribution in [0.5, 0.6) is 0 Å². The lowest BCUT2D eigenvalue weighted by Gasteiger charge is -2.22. The average Bonchev–Trinajstić information content (AvgIpc) is 3.08. The van der Waals surface area contributed by atoms with Gasteiger partial charge in [0.25, 0.3) is 5.91 Å². The van der Waals surface area contributed by atoms with Crippen LogP contribution < -0.4 is 5.32 Å². The smallest absolute Gasteiger partial charge is 0.252 e. The van der Waals surface area contributed by atoms with Crippen molar-refractivity contribution >= 4 is 23.2 Å². The van der Waals surface area contributed by atoms with Gasteiger partial charge < -0.3 is 10.2 Å². The van der Waals surface area contributed by atoms with Crippen LogP contribution in [0.15, 0.2) is 41.1 Å². The van der Waals surface area contributed by atoms with Gasteiger partial charge in [-0.3, -0.25) is 14.5 Å². The van der Waals surface area contributed by atoms with E-state index in [1.165, 1.54) is 22.5 Å². The van der Waals surface area contributed by atoms with Crippen LogP contribution in [0.3, 0.4) is 0 Å². The third-order valence-electron chi connectivity index (χ3n) is 4.78. The van der Waals surface area contributed by atoms with E-state index in [0.717, 1.165) is 32.6 Å². The van der Waals surface area contributed by atoms with E-state index in [-0.39, 0.29) is 18.4 Å². The van der Waals surface area contributed by atoms with Gasteiger partial charge in [0.05, 0.1) is 6.54 Å². The second-order valence-electron chi connectivity index (χ2n) is 6.63. The normalized spacial score (nSPS) is 15.5. The molecule has 3 rings (SSSR count). The summed E-state index contributed by atoms with van der Waals surface area (Å²) in [5, 5.41) is 6.37. The van der Waals surface area contributed by atoms with Crippen LogP contribution in [0, 0.1) is 6.92 Å². The molecule has 0 radical (unpaired) electrons. The van der Waals surface area contributed by atoms with Crippen molar-refractivity contribution in [2.75, 3.05) is 32.7 Å². The van der Waals surface area contributed by atoms with Gasteiger partial charge in [0, 0.05) is 43.7 Å². The van der Waals surface area contributed by atoms with Gasteiger partial charge in [-0.2, -0.15) is 11.3 Å². The van der Waals surface area contributed by atoms with E-state index in [2.05, 4.69) is 41.4 Å². The quantitative estimate of drug-likeness (QED) is 0.879. The zero-order valence-corrected chi connectivity index (χ0v) is 15.9. The van der Waals surface area contributed by atoms with Crippen molar-refractivity contribution < 1.29 is 9.59 Å². The van der Waals surface area contributed by atoms with Gasteiger partial charge in [0.1, 0.15) is 0 Å². The number of aryl methyl sites for hydroxylation is 1. The number of rotatable bonds is 5. The topological polar surface area (TPSA) is 52.6 Å². The summed E-state index contributed by atoms with van der Waals surface area (Å²) in [4.78, 5) is 28.7. The van der Waals surface area contributed by atoms with Crippen LogP contribution in [0.1, 0.15) is 27.9 Å². The zero-order valence-electron chi connectivity index (χ0n) is 15.1. The Morgan fingerprint density at radius 3 is 2.73 bits per heavy atom. The third-order valence-corrected chi connectivity index (χ3v) is 5.46. The van der Waals surface area contributed by atoms with Crippen LogP contribution in [0.2, 0.25) is 0 Å². The summed E-state index contributed by atoms with van der Waals surface area (Å²) in [5.74, 6) is -0.193. The Morgan fingerprint density at radius 1 is 1.12 bits per heavy atom. The lowest BCUT2D eigenvalue weighted by atomic mass is 10.1. The SMILES string of the molecule is Cc1ccccc1CN1CCCN(C(=O)CNC(=O)c2ccsc2)CC1. The number of hydrogen-bond acceptors (Lipinski definition) is 4. The molecule has 0 atom stereocenters. The molecule has 1 aliphatic heterocycles. The highest BCUT2D eigenvalue weighted by Gasteiger charge is 2.20. The Bertz CT molecular complexity index is 745. The Labute approximate surface area is 158 Å². The first kappa shape index (κ1) is 18.6. The predicted octanol–water partition coefficient (Wildman–Crippen LogP) is 2.52. The summed E-state index contributed by atoms with van der Waals surface area (Å²) in [5.41, 5.74) is 3.26. The summed E-state index contributed by atoms with van der Waals surface area (Å²) in [6.45, 7) is 6.42. The van der Waals surface area contributed by atoms with Gasteiger partial charge in [-0.1, -0.05) is 24.3 Å². The van der Waals surface area contributed by atoms with E-state index in [1.54, 1.807) is 11.4 Å². The molecular formula is C20H25N3O2S. The lowest BCUT2D eigenvalue weighted by Crippen LogP contribution is -2.41. The maximum absolute atomic E-state index is 12.4. The van der Waals surface area contributed by atoms with Crippen LogP contribution in [-0.2, 0) is 11.3 Å². The highest BCUT2D eigenvalue weighted by molar-refractivity contribution is 7.08. The highest BCUT2D eigenvalue weighted by Crippen LogP contribution is 2.13. The van der Waals surface area contributed by atoms with E-state index in [4.69, 9.17) is 0 Å². The summed E-state index contributed by atoms with van der Waals surface area (Å²) in [6, 6.07) is 10.2. The second kappa shape index (κ2) is 8.96. The molecule has 1 aromatic heterocycles. The van der Waals surface area contributed by atoms with Gasteiger partial charge in [0.15, 0.2) is 0 Å². The van der Waals surface area contributed by atoms with Crippen LogP contribution in [-0.4, -0.2) is 54.3 Å². The summed E-state index contributed by atoms with van der Waals surface area (Å²) in [7, 11) is 0. The first-order valence-corrected chi connectivity index (χ1v) is 9.93. The fourth-order valence-corrected chi connectivity index (χ4v) is 3.81. The fourth-order valence-electron chi connectivity index (χ4n) is 3.17. The van der Waals surface area contributed by atoms with Crippen molar-refractivity contribution in [1.29, 1.82) is 0 Å². The van der Waals surface area contributed by atoms with E-state index < -0.39 is 0 Å². The summed E-state index contributed by atoms with van der Waals surface area (Å²) in [6.07, 6.45) is 0.954. The Kier molecular flexibility index (Phi) is 6.41. The van der Waals surface area contributed by atoms with Crippen molar-refractivity contribution in [3.63, 3.8) is 0 Å². The second-order valence-corrected chi connectivity index (χ2v) is 7.41. The maximum Gasteiger partial charge on any atom is 0.252 e. The molecule has 138 valence electrons. The third kappa shape index (κ3) is 4.93. The molecule has 6 heteroatoms. The molecule has 0 bridgehead atoms. The summed E-state index contributed by atoms with van der Waals surface area (Å²) < 4.78 is 0. The Balaban J connectivity index is 1.47. The van der Waals surface area contributed by atoms with Crippen LogP contribution in [0.4, 0.5) is 0 Å². The number of carbonyl (C=O) groups is 2. The summed E-state index contributed by atoms with van der Waals surface area (Å²) >= 11 is 1.47. The largest absolute Gasteiger partial charge is 0.343 e. The molecule has 0 aliphatic carbocycles. The zero-order chi connectivity index (χ0) is 18.4. The predicted molar refractivity (Wildman–Crippen MR) is 104 cm³/mol. The highest BCUT2D eigenvalue weighted by atomic mass is 32.1. The van der Waals surface area contributed by atoms with Crippen molar-refractivity contribution in [2.45, 2.75) is 19.9 Å². The molecule has 26 heavy (non-hydrogen) atoms. The van der Waals surface area contributed by atoms with Gasteiger partial charge >= 0.3 is 0 Å². The van der Waals surface area contributed by atoms with Gasteiger partial charge in [0.2, 0.25) is 5.91 Å². The molecule has 1 saturated heterocycles. The van der Waals surface area contributed by atoms with Crippen LogP contribution in [0.25, 0.3) is 0 Å². The van der Waals surface area contributed by atoms with E-state index >= 15 is 0 Å². The minimum Gasteiger partial charge on any atom is -0.343 e. The minimum atomic E-state index is -0.185. The van der Waals surface area contributed by atoms with E-state index in [9.17, 15) is 9.59 Å². The fraction of sp³-hybridized carbons (Fsp3) is 0.400. The van der Waals surface area contributed by atoms with E-state index in [0.29, 0.717) is 12.1 Å². The first-order chi connectivity index (χ1) is 12.6. The number of nitrogens with one attached hydrogen (secondary N) is 1. The number of benzene rings is 1. The molecule has 2 aromatic rings. The van der Waals surface area contributed by atoms with Crippen LogP contribution >= 0.6 is 11.3 Å². The molecule has 1 aromatic carbocycles. The van der Waals surface area contributed by atoms with Gasteiger partial charge in [-0.05, 0) is 35.9 Å². The molecule has 0 spiro atoms. The molecule has 2 amide bonds. The molecule has 1 fully saturated rings. The number of thiophene rings is 1. The molecule has 5 nitrogen and oxygen atoms in total. The molecule has 0 saturated carbocycles. The average molecular weight is 372 g/mol. The van der Waals surface area contributed by atoms with Crippen molar-refractivity contribution in [3.05, 3.63) is 57.8 Å². The Hall–Kier alpha value is -2.18. The molecule has 1 N–H and O–H groups in total. The first-order valence-electron chi connectivity index (χ1n) is 8.98. The standard InChI is InChI=1S/C20H25N3O2S/c1-16-5-2-3-6-17(16)14-22-8-4-9-23(11-10-22)19(24)13-21-20(25)18-7-12-26-15-18/h2-3,5-7,12,15H,4,8-11,13-14H2,1H3,(H,21,25).